The van der Waals surface area contributed by atoms with Gasteiger partial charge in [0.1, 0.15) is 0 Å². The second-order valence-electron chi connectivity index (χ2n) is 5.33. The number of nitrogens with zero attached hydrogens (tertiary/aromatic N) is 4. The van der Waals surface area contributed by atoms with Gasteiger partial charge in [-0.3, -0.25) is 9.58 Å². The second-order valence-corrected chi connectivity index (χ2v) is 5.33. The molecule has 1 aliphatic rings. The summed E-state index contributed by atoms with van der Waals surface area (Å²) in [6.45, 7) is 5.54. The Kier molecular flexibility index (Phi) is 4.00. The monoisotopic (exact) mass is 282 g/mol. The van der Waals surface area contributed by atoms with Crippen molar-refractivity contribution in [3.05, 3.63) is 42.1 Å². The van der Waals surface area contributed by atoms with Gasteiger partial charge < -0.3 is 4.74 Å². The first-order valence-corrected chi connectivity index (χ1v) is 7.12. The van der Waals surface area contributed by atoms with E-state index in [1.165, 1.54) is 0 Å². The van der Waals surface area contributed by atoms with Gasteiger partial charge in [-0.15, -0.1) is 0 Å². The van der Waals surface area contributed by atoms with Crippen molar-refractivity contribution in [1.29, 1.82) is 5.26 Å². The average molecular weight is 282 g/mol. The van der Waals surface area contributed by atoms with Crippen molar-refractivity contribution >= 4 is 0 Å². The Hall–Kier alpha value is -2.16. The van der Waals surface area contributed by atoms with Crippen LogP contribution in [0, 0.1) is 11.3 Å². The maximum atomic E-state index is 8.82. The highest BCUT2D eigenvalue weighted by molar-refractivity contribution is 5.59. The third-order valence-corrected chi connectivity index (χ3v) is 3.62. The highest BCUT2D eigenvalue weighted by atomic mass is 16.5. The molecule has 2 aromatic rings. The molecule has 1 aromatic heterocycles. The minimum absolute atomic E-state index is 0.285. The molecule has 21 heavy (non-hydrogen) atoms. The molecule has 2 heterocycles. The van der Waals surface area contributed by atoms with E-state index in [2.05, 4.69) is 23.0 Å². The number of aromatic nitrogens is 2. The van der Waals surface area contributed by atoms with Crippen molar-refractivity contribution in [2.24, 2.45) is 0 Å². The Morgan fingerprint density at radius 2 is 2.14 bits per heavy atom. The third-order valence-electron chi connectivity index (χ3n) is 3.62. The minimum atomic E-state index is 0.285. The summed E-state index contributed by atoms with van der Waals surface area (Å²) in [4.78, 5) is 2.34. The van der Waals surface area contributed by atoms with Crippen LogP contribution in [0.2, 0.25) is 0 Å². The zero-order chi connectivity index (χ0) is 14.7. The zero-order valence-corrected chi connectivity index (χ0v) is 12.1. The third kappa shape index (κ3) is 3.30. The Morgan fingerprint density at radius 1 is 1.33 bits per heavy atom. The van der Waals surface area contributed by atoms with Crippen LogP contribution in [0.1, 0.15) is 12.5 Å². The van der Waals surface area contributed by atoms with Gasteiger partial charge in [-0.25, -0.2) is 0 Å². The van der Waals surface area contributed by atoms with Gasteiger partial charge in [-0.05, 0) is 25.1 Å². The quantitative estimate of drug-likeness (QED) is 0.865. The first kappa shape index (κ1) is 13.8. The fraction of sp³-hybridized carbons (Fsp3) is 0.375. The van der Waals surface area contributed by atoms with E-state index < -0.39 is 0 Å². The number of morpholine rings is 1. The van der Waals surface area contributed by atoms with Gasteiger partial charge >= 0.3 is 0 Å². The highest BCUT2D eigenvalue weighted by Crippen LogP contribution is 2.17. The molecule has 1 fully saturated rings. The highest BCUT2D eigenvalue weighted by Gasteiger charge is 2.16. The molecule has 0 spiro atoms. The number of rotatable bonds is 3. The lowest BCUT2D eigenvalue weighted by atomic mass is 10.1. The topological polar surface area (TPSA) is 54.1 Å². The minimum Gasteiger partial charge on any atom is -0.376 e. The van der Waals surface area contributed by atoms with Gasteiger partial charge in [0.05, 0.1) is 36.7 Å². The van der Waals surface area contributed by atoms with Crippen LogP contribution in [0.25, 0.3) is 11.3 Å². The molecular weight excluding hydrogens is 264 g/mol. The van der Waals surface area contributed by atoms with Crippen molar-refractivity contribution < 1.29 is 4.74 Å². The van der Waals surface area contributed by atoms with E-state index in [1.54, 1.807) is 0 Å². The Morgan fingerprint density at radius 3 is 2.86 bits per heavy atom. The molecule has 0 bridgehead atoms. The molecule has 1 unspecified atom stereocenters. The predicted octanol–water partition coefficient (Wildman–Crippen LogP) is 2.10. The molecule has 5 nitrogen and oxygen atoms in total. The molecule has 0 radical (unpaired) electrons. The molecule has 1 aromatic carbocycles. The molecule has 3 rings (SSSR count). The lowest BCUT2D eigenvalue weighted by Crippen LogP contribution is -2.41. The fourth-order valence-corrected chi connectivity index (χ4v) is 2.53. The van der Waals surface area contributed by atoms with E-state index >= 15 is 0 Å². The van der Waals surface area contributed by atoms with Gasteiger partial charge in [-0.2, -0.15) is 10.4 Å². The van der Waals surface area contributed by atoms with Crippen molar-refractivity contribution in [2.75, 3.05) is 19.7 Å². The normalized spacial score (nSPS) is 19.3. The summed E-state index contributed by atoms with van der Waals surface area (Å²) in [7, 11) is 0. The van der Waals surface area contributed by atoms with Gasteiger partial charge in [0.25, 0.3) is 0 Å². The van der Waals surface area contributed by atoms with Crippen LogP contribution in [-0.4, -0.2) is 40.5 Å². The molecular formula is C16H18N4O. The zero-order valence-electron chi connectivity index (χ0n) is 12.1. The maximum Gasteiger partial charge on any atom is 0.0991 e. The van der Waals surface area contributed by atoms with Crippen LogP contribution in [0.3, 0.4) is 0 Å². The molecule has 5 heteroatoms. The standard InChI is InChI=1S/C16H18N4O/c1-13-11-19(8-9-21-13)12-20-7-6-16(18-20)15-4-2-14(10-17)3-5-15/h2-7,13H,8-9,11-12H2,1H3. The van der Waals surface area contributed by atoms with Crippen LogP contribution in [0.5, 0.6) is 0 Å². The van der Waals surface area contributed by atoms with Crippen molar-refractivity contribution in [1.82, 2.24) is 14.7 Å². The summed E-state index contributed by atoms with van der Waals surface area (Å²) in [5.41, 5.74) is 2.63. The first-order valence-electron chi connectivity index (χ1n) is 7.12. The van der Waals surface area contributed by atoms with Crippen LogP contribution in [0.4, 0.5) is 0 Å². The van der Waals surface area contributed by atoms with Crippen LogP contribution in [-0.2, 0) is 11.4 Å². The second kappa shape index (κ2) is 6.08. The van der Waals surface area contributed by atoms with Crippen molar-refractivity contribution in [3.63, 3.8) is 0 Å². The largest absolute Gasteiger partial charge is 0.376 e. The predicted molar refractivity (Wildman–Crippen MR) is 79.4 cm³/mol. The maximum absolute atomic E-state index is 8.82. The van der Waals surface area contributed by atoms with Crippen LogP contribution >= 0.6 is 0 Å². The summed E-state index contributed by atoms with van der Waals surface area (Å²) < 4.78 is 7.49. The summed E-state index contributed by atoms with van der Waals surface area (Å²) in [6.07, 6.45) is 2.28. The van der Waals surface area contributed by atoms with E-state index in [0.29, 0.717) is 5.56 Å². The Labute approximate surface area is 124 Å². The summed E-state index contributed by atoms with van der Waals surface area (Å²) in [5, 5.41) is 13.4. The summed E-state index contributed by atoms with van der Waals surface area (Å²) >= 11 is 0. The van der Waals surface area contributed by atoms with Gasteiger partial charge in [-0.1, -0.05) is 12.1 Å². The number of hydrogen-bond acceptors (Lipinski definition) is 4. The number of ether oxygens (including phenoxy) is 1. The summed E-state index contributed by atoms with van der Waals surface area (Å²) in [5.74, 6) is 0. The summed E-state index contributed by atoms with van der Waals surface area (Å²) in [6, 6.07) is 11.6. The number of hydrogen-bond donors (Lipinski definition) is 0. The van der Waals surface area contributed by atoms with Gasteiger partial charge in [0, 0.05) is 24.8 Å². The fourth-order valence-electron chi connectivity index (χ4n) is 2.53. The van der Waals surface area contributed by atoms with E-state index in [4.69, 9.17) is 10.00 Å². The van der Waals surface area contributed by atoms with Crippen molar-refractivity contribution in [3.8, 4) is 17.3 Å². The molecule has 108 valence electrons. The van der Waals surface area contributed by atoms with E-state index in [-0.39, 0.29) is 6.10 Å². The Balaban J connectivity index is 1.69. The van der Waals surface area contributed by atoms with E-state index in [0.717, 1.165) is 37.6 Å². The molecule has 1 saturated heterocycles. The van der Waals surface area contributed by atoms with Gasteiger partial charge in [0.15, 0.2) is 0 Å². The molecule has 1 aliphatic heterocycles. The lowest BCUT2D eigenvalue weighted by Gasteiger charge is -2.30. The van der Waals surface area contributed by atoms with E-state index in [9.17, 15) is 0 Å². The molecule has 0 amide bonds. The smallest absolute Gasteiger partial charge is 0.0991 e. The SMILES string of the molecule is CC1CN(Cn2ccc(-c3ccc(C#N)cc3)n2)CCO1. The molecule has 1 atom stereocenters. The molecule has 0 saturated carbocycles. The van der Waals surface area contributed by atoms with Crippen LogP contribution in [0.15, 0.2) is 36.5 Å². The van der Waals surface area contributed by atoms with Crippen LogP contribution < -0.4 is 0 Å². The Bertz CT molecular complexity index is 641. The van der Waals surface area contributed by atoms with Crippen molar-refractivity contribution in [2.45, 2.75) is 19.7 Å². The van der Waals surface area contributed by atoms with E-state index in [1.807, 2.05) is 41.2 Å². The van der Waals surface area contributed by atoms with Gasteiger partial charge in [0.2, 0.25) is 0 Å². The molecule has 0 aliphatic carbocycles. The lowest BCUT2D eigenvalue weighted by molar-refractivity contribution is -0.0304. The average Bonchev–Trinajstić information content (AvgIpc) is 2.96. The number of nitriles is 1. The first-order chi connectivity index (χ1) is 10.2. The molecule has 0 N–H and O–H groups in total. The number of benzene rings is 1.